The van der Waals surface area contributed by atoms with Crippen molar-refractivity contribution in [3.63, 3.8) is 0 Å². The monoisotopic (exact) mass is 398 g/mol. The fraction of sp³-hybridized carbons (Fsp3) is 0.917. The van der Waals surface area contributed by atoms with E-state index in [0.717, 1.165) is 38.5 Å². The number of esters is 2. The summed E-state index contributed by atoms with van der Waals surface area (Å²) in [5, 5.41) is 0. The molecular weight excluding hydrogens is 352 g/mol. The van der Waals surface area contributed by atoms with Crippen LogP contribution < -0.4 is 0 Å². The highest BCUT2D eigenvalue weighted by Crippen LogP contribution is 2.18. The van der Waals surface area contributed by atoms with Gasteiger partial charge in [0.2, 0.25) is 0 Å². The van der Waals surface area contributed by atoms with Crippen LogP contribution in [0.3, 0.4) is 0 Å². The Morgan fingerprint density at radius 2 is 0.893 bits per heavy atom. The van der Waals surface area contributed by atoms with Crippen molar-refractivity contribution in [2.24, 2.45) is 5.41 Å². The molecule has 0 saturated heterocycles. The summed E-state index contributed by atoms with van der Waals surface area (Å²) in [6.07, 6.45) is 16.4. The van der Waals surface area contributed by atoms with E-state index in [-0.39, 0.29) is 17.4 Å². The Kier molecular flexibility index (Phi) is 17.3. The predicted molar refractivity (Wildman–Crippen MR) is 116 cm³/mol. The van der Waals surface area contributed by atoms with Gasteiger partial charge in [0.1, 0.15) is 0 Å². The lowest BCUT2D eigenvalue weighted by Gasteiger charge is -2.23. The molecule has 0 aromatic carbocycles. The lowest BCUT2D eigenvalue weighted by atomic mass is 9.96. The SMILES string of the molecule is CCCCCCCCCCCC(=O)OCC(C)(C)COC(=O)CCCCCC. The number of carbonyl (C=O) groups excluding carboxylic acids is 2. The summed E-state index contributed by atoms with van der Waals surface area (Å²) in [6, 6.07) is 0. The normalized spacial score (nSPS) is 11.4. The lowest BCUT2D eigenvalue weighted by molar-refractivity contribution is -0.152. The zero-order valence-corrected chi connectivity index (χ0v) is 19.2. The largest absolute Gasteiger partial charge is 0.465 e. The fourth-order valence-electron chi connectivity index (χ4n) is 3.01. The first kappa shape index (κ1) is 26.9. The molecule has 0 aliphatic carbocycles. The molecule has 0 amide bonds. The number of unbranched alkanes of at least 4 members (excludes halogenated alkanes) is 11. The van der Waals surface area contributed by atoms with E-state index in [1.54, 1.807) is 0 Å². The van der Waals surface area contributed by atoms with Crippen LogP contribution in [-0.4, -0.2) is 25.2 Å². The van der Waals surface area contributed by atoms with Gasteiger partial charge in [0.15, 0.2) is 0 Å². The number of hydrogen-bond donors (Lipinski definition) is 0. The third kappa shape index (κ3) is 18.3. The third-order valence-electron chi connectivity index (χ3n) is 4.97. The molecule has 0 aliphatic rings. The Morgan fingerprint density at radius 3 is 1.29 bits per heavy atom. The zero-order chi connectivity index (χ0) is 21.1. The molecule has 166 valence electrons. The number of ether oxygens (including phenoxy) is 2. The van der Waals surface area contributed by atoms with Gasteiger partial charge in [-0.3, -0.25) is 9.59 Å². The Labute approximate surface area is 174 Å². The van der Waals surface area contributed by atoms with Gasteiger partial charge in [-0.05, 0) is 12.8 Å². The maximum atomic E-state index is 11.9. The highest BCUT2D eigenvalue weighted by molar-refractivity contribution is 5.69. The molecule has 0 N–H and O–H groups in total. The fourth-order valence-corrected chi connectivity index (χ4v) is 3.01. The summed E-state index contributed by atoms with van der Waals surface area (Å²) in [7, 11) is 0. The first-order valence-corrected chi connectivity index (χ1v) is 11.7. The second-order valence-corrected chi connectivity index (χ2v) is 8.87. The maximum absolute atomic E-state index is 11.9. The first-order valence-electron chi connectivity index (χ1n) is 11.7. The molecule has 0 saturated carbocycles. The van der Waals surface area contributed by atoms with E-state index in [1.807, 2.05) is 13.8 Å². The van der Waals surface area contributed by atoms with Crippen LogP contribution >= 0.6 is 0 Å². The summed E-state index contributed by atoms with van der Waals surface area (Å²) in [4.78, 5) is 23.7. The second kappa shape index (κ2) is 18.0. The molecule has 0 spiro atoms. The molecule has 4 heteroatoms. The zero-order valence-electron chi connectivity index (χ0n) is 19.2. The molecule has 0 unspecified atom stereocenters. The van der Waals surface area contributed by atoms with Crippen molar-refractivity contribution < 1.29 is 19.1 Å². The smallest absolute Gasteiger partial charge is 0.305 e. The summed E-state index contributed by atoms with van der Waals surface area (Å²) in [6.45, 7) is 8.91. The molecule has 0 aromatic heterocycles. The molecular formula is C24H46O4. The van der Waals surface area contributed by atoms with Crippen molar-refractivity contribution in [3.05, 3.63) is 0 Å². The number of carbonyl (C=O) groups is 2. The van der Waals surface area contributed by atoms with E-state index in [4.69, 9.17) is 9.47 Å². The van der Waals surface area contributed by atoms with Crippen molar-refractivity contribution in [2.45, 2.75) is 124 Å². The Hall–Kier alpha value is -1.06. The van der Waals surface area contributed by atoms with E-state index in [9.17, 15) is 9.59 Å². The Morgan fingerprint density at radius 1 is 0.571 bits per heavy atom. The van der Waals surface area contributed by atoms with Crippen LogP contribution in [0.5, 0.6) is 0 Å². The Bertz CT molecular complexity index is 390. The molecule has 28 heavy (non-hydrogen) atoms. The second-order valence-electron chi connectivity index (χ2n) is 8.87. The van der Waals surface area contributed by atoms with Crippen molar-refractivity contribution in [3.8, 4) is 0 Å². The highest BCUT2D eigenvalue weighted by atomic mass is 16.5. The molecule has 0 fully saturated rings. The van der Waals surface area contributed by atoms with E-state index in [0.29, 0.717) is 26.1 Å². The van der Waals surface area contributed by atoms with Crippen molar-refractivity contribution in [1.82, 2.24) is 0 Å². The van der Waals surface area contributed by atoms with Gasteiger partial charge in [0.05, 0.1) is 13.2 Å². The minimum Gasteiger partial charge on any atom is -0.465 e. The minimum atomic E-state index is -0.340. The van der Waals surface area contributed by atoms with Gasteiger partial charge in [-0.25, -0.2) is 0 Å². The quantitative estimate of drug-likeness (QED) is 0.174. The molecule has 0 atom stereocenters. The molecule has 0 aliphatic heterocycles. The molecule has 0 aromatic rings. The van der Waals surface area contributed by atoms with E-state index in [2.05, 4.69) is 13.8 Å². The van der Waals surface area contributed by atoms with Gasteiger partial charge in [-0.15, -0.1) is 0 Å². The molecule has 0 rings (SSSR count). The van der Waals surface area contributed by atoms with Gasteiger partial charge in [0, 0.05) is 18.3 Å². The predicted octanol–water partition coefficient (Wildman–Crippen LogP) is 6.99. The summed E-state index contributed by atoms with van der Waals surface area (Å²) < 4.78 is 10.7. The first-order chi connectivity index (χ1) is 13.4. The van der Waals surface area contributed by atoms with Gasteiger partial charge in [-0.2, -0.15) is 0 Å². The van der Waals surface area contributed by atoms with Crippen molar-refractivity contribution in [1.29, 1.82) is 0 Å². The molecule has 4 nitrogen and oxygen atoms in total. The maximum Gasteiger partial charge on any atom is 0.305 e. The minimum absolute atomic E-state index is 0.137. The van der Waals surface area contributed by atoms with Crippen LogP contribution in [0.15, 0.2) is 0 Å². The summed E-state index contributed by atoms with van der Waals surface area (Å²) >= 11 is 0. The van der Waals surface area contributed by atoms with Crippen LogP contribution in [0.2, 0.25) is 0 Å². The molecule has 0 heterocycles. The third-order valence-corrected chi connectivity index (χ3v) is 4.97. The van der Waals surface area contributed by atoms with E-state index in [1.165, 1.54) is 44.9 Å². The van der Waals surface area contributed by atoms with Gasteiger partial charge in [0.25, 0.3) is 0 Å². The average Bonchev–Trinajstić information content (AvgIpc) is 2.67. The lowest BCUT2D eigenvalue weighted by Crippen LogP contribution is -2.28. The Balaban J connectivity index is 3.65. The van der Waals surface area contributed by atoms with Crippen molar-refractivity contribution in [2.75, 3.05) is 13.2 Å². The van der Waals surface area contributed by atoms with Crippen LogP contribution in [0.4, 0.5) is 0 Å². The van der Waals surface area contributed by atoms with Crippen LogP contribution in [0.1, 0.15) is 124 Å². The summed E-state index contributed by atoms with van der Waals surface area (Å²) in [5.41, 5.74) is -0.340. The van der Waals surface area contributed by atoms with E-state index < -0.39 is 0 Å². The number of hydrogen-bond acceptors (Lipinski definition) is 4. The standard InChI is InChI=1S/C24H46O4/c1-5-7-9-11-12-13-14-15-17-19-23(26)28-21-24(3,4)20-27-22(25)18-16-10-8-6-2/h5-21H2,1-4H3. The topological polar surface area (TPSA) is 52.6 Å². The molecule has 0 radical (unpaired) electrons. The van der Waals surface area contributed by atoms with Gasteiger partial charge >= 0.3 is 11.9 Å². The van der Waals surface area contributed by atoms with Gasteiger partial charge in [-0.1, -0.05) is 98.3 Å². The van der Waals surface area contributed by atoms with Crippen LogP contribution in [0.25, 0.3) is 0 Å². The van der Waals surface area contributed by atoms with Crippen molar-refractivity contribution >= 4 is 11.9 Å². The average molecular weight is 399 g/mol. The summed E-state index contributed by atoms with van der Waals surface area (Å²) in [5.74, 6) is -0.285. The molecule has 0 bridgehead atoms. The van der Waals surface area contributed by atoms with E-state index >= 15 is 0 Å². The number of rotatable bonds is 19. The van der Waals surface area contributed by atoms with Gasteiger partial charge < -0.3 is 9.47 Å². The van der Waals surface area contributed by atoms with Crippen LogP contribution in [0, 0.1) is 5.41 Å². The highest BCUT2D eigenvalue weighted by Gasteiger charge is 2.22. The van der Waals surface area contributed by atoms with Crippen LogP contribution in [-0.2, 0) is 19.1 Å².